The Hall–Kier alpha value is -3.20. The SMILES string of the molecule is COc1cc2[nH]ncc2cc1Nc1ncnc2sc3c(c12)CC[C@H](C(=O)O)C3. The molecule has 1 aromatic carbocycles. The number of nitrogens with one attached hydrogen (secondary N) is 2. The van der Waals surface area contributed by atoms with Crippen LogP contribution in [-0.4, -0.2) is 38.4 Å². The van der Waals surface area contributed by atoms with Gasteiger partial charge in [0.25, 0.3) is 0 Å². The summed E-state index contributed by atoms with van der Waals surface area (Å²) in [5, 5.41) is 21.7. The number of aryl methyl sites for hydroxylation is 1. The summed E-state index contributed by atoms with van der Waals surface area (Å²) in [6.07, 6.45) is 5.19. The number of rotatable bonds is 4. The number of aromatic nitrogens is 4. The maximum atomic E-state index is 11.4. The number of nitrogens with zero attached hydrogens (tertiary/aromatic N) is 3. The van der Waals surface area contributed by atoms with Crippen LogP contribution in [0.25, 0.3) is 21.1 Å². The normalized spacial score (nSPS) is 16.2. The average molecular weight is 395 g/mol. The first kappa shape index (κ1) is 16.9. The topological polar surface area (TPSA) is 113 Å². The Kier molecular flexibility index (Phi) is 3.90. The molecule has 0 fully saturated rings. The number of ether oxygens (including phenoxy) is 1. The van der Waals surface area contributed by atoms with Gasteiger partial charge in [0, 0.05) is 16.3 Å². The summed E-state index contributed by atoms with van der Waals surface area (Å²) in [5.41, 5.74) is 2.84. The molecular formula is C19H17N5O3S. The molecule has 0 radical (unpaired) electrons. The quantitative estimate of drug-likeness (QED) is 0.484. The molecule has 1 aliphatic carbocycles. The molecule has 0 aliphatic heterocycles. The molecule has 4 aromatic rings. The molecule has 142 valence electrons. The summed E-state index contributed by atoms with van der Waals surface area (Å²) in [4.78, 5) is 22.2. The highest BCUT2D eigenvalue weighted by Crippen LogP contribution is 2.41. The van der Waals surface area contributed by atoms with Gasteiger partial charge in [-0.2, -0.15) is 5.10 Å². The number of thiophene rings is 1. The average Bonchev–Trinajstić information content (AvgIpc) is 3.30. The molecule has 8 nitrogen and oxygen atoms in total. The molecular weight excluding hydrogens is 378 g/mol. The lowest BCUT2D eigenvalue weighted by Crippen LogP contribution is -2.21. The molecule has 5 rings (SSSR count). The molecule has 3 aromatic heterocycles. The standard InChI is InChI=1S/C19H17N5O3S/c1-27-14-6-12-10(7-22-24-12)4-13(14)23-17-16-11-3-2-9(19(25)26)5-15(11)28-18(16)21-8-20-17/h4,6-9H,2-3,5H2,1H3,(H,22,24)(H,25,26)(H,20,21,23)/t9-/m0/s1. The van der Waals surface area contributed by atoms with Gasteiger partial charge in [-0.05, 0) is 30.9 Å². The van der Waals surface area contributed by atoms with E-state index in [0.717, 1.165) is 37.2 Å². The fourth-order valence-corrected chi connectivity index (χ4v) is 5.05. The molecule has 3 N–H and O–H groups in total. The third-order valence-corrected chi connectivity index (χ3v) is 6.37. The largest absolute Gasteiger partial charge is 0.494 e. The van der Waals surface area contributed by atoms with E-state index in [9.17, 15) is 9.90 Å². The number of fused-ring (bicyclic) bond motifs is 4. The third kappa shape index (κ3) is 2.66. The lowest BCUT2D eigenvalue weighted by molar-refractivity contribution is -0.142. The number of carbonyl (C=O) groups is 1. The van der Waals surface area contributed by atoms with Crippen LogP contribution < -0.4 is 10.1 Å². The Balaban J connectivity index is 1.60. The Morgan fingerprint density at radius 3 is 3.11 bits per heavy atom. The van der Waals surface area contributed by atoms with Crippen molar-refractivity contribution in [3.63, 3.8) is 0 Å². The number of aliphatic carboxylic acids is 1. The van der Waals surface area contributed by atoms with E-state index in [-0.39, 0.29) is 5.92 Å². The second kappa shape index (κ2) is 6.45. The van der Waals surface area contributed by atoms with E-state index >= 15 is 0 Å². The van der Waals surface area contributed by atoms with E-state index in [1.807, 2.05) is 12.1 Å². The predicted molar refractivity (Wildman–Crippen MR) is 106 cm³/mol. The summed E-state index contributed by atoms with van der Waals surface area (Å²) in [6, 6.07) is 3.86. The molecule has 0 spiro atoms. The van der Waals surface area contributed by atoms with Crippen LogP contribution in [0.3, 0.4) is 0 Å². The highest BCUT2D eigenvalue weighted by Gasteiger charge is 2.29. The van der Waals surface area contributed by atoms with Gasteiger partial charge in [-0.1, -0.05) is 0 Å². The maximum Gasteiger partial charge on any atom is 0.306 e. The molecule has 9 heteroatoms. The van der Waals surface area contributed by atoms with Gasteiger partial charge in [0.2, 0.25) is 0 Å². The van der Waals surface area contributed by atoms with Crippen molar-refractivity contribution >= 4 is 49.9 Å². The van der Waals surface area contributed by atoms with Crippen LogP contribution in [0.15, 0.2) is 24.7 Å². The second-order valence-corrected chi connectivity index (χ2v) is 7.90. The number of anilines is 2. The fourth-order valence-electron chi connectivity index (χ4n) is 3.78. The number of hydrogen-bond donors (Lipinski definition) is 3. The molecule has 28 heavy (non-hydrogen) atoms. The highest BCUT2D eigenvalue weighted by molar-refractivity contribution is 7.19. The van der Waals surface area contributed by atoms with Crippen molar-refractivity contribution in [2.24, 2.45) is 5.92 Å². The number of carboxylic acids is 1. The van der Waals surface area contributed by atoms with Gasteiger partial charge in [0.05, 0.1) is 35.8 Å². The van der Waals surface area contributed by atoms with Crippen molar-refractivity contribution in [3.05, 3.63) is 35.1 Å². The van der Waals surface area contributed by atoms with Crippen molar-refractivity contribution in [3.8, 4) is 5.75 Å². The van der Waals surface area contributed by atoms with E-state index in [4.69, 9.17) is 4.74 Å². The molecule has 0 saturated carbocycles. The van der Waals surface area contributed by atoms with Crippen LogP contribution >= 0.6 is 11.3 Å². The summed E-state index contributed by atoms with van der Waals surface area (Å²) in [5.74, 6) is 0.329. The smallest absolute Gasteiger partial charge is 0.306 e. The number of carboxylic acid groups (broad SMARTS) is 1. The van der Waals surface area contributed by atoms with Crippen LogP contribution in [0.4, 0.5) is 11.5 Å². The van der Waals surface area contributed by atoms with Crippen molar-refractivity contribution < 1.29 is 14.6 Å². The van der Waals surface area contributed by atoms with E-state index in [1.165, 1.54) is 6.33 Å². The lowest BCUT2D eigenvalue weighted by Gasteiger charge is -2.19. The van der Waals surface area contributed by atoms with Gasteiger partial charge in [-0.25, -0.2) is 9.97 Å². The number of H-pyrrole nitrogens is 1. The van der Waals surface area contributed by atoms with E-state index in [1.54, 1.807) is 24.6 Å². The first-order chi connectivity index (χ1) is 13.6. The zero-order valence-electron chi connectivity index (χ0n) is 15.0. The summed E-state index contributed by atoms with van der Waals surface area (Å²) >= 11 is 1.56. The van der Waals surface area contributed by atoms with E-state index in [0.29, 0.717) is 30.8 Å². The van der Waals surface area contributed by atoms with Crippen LogP contribution in [0.2, 0.25) is 0 Å². The van der Waals surface area contributed by atoms with E-state index in [2.05, 4.69) is 25.5 Å². The Morgan fingerprint density at radius 1 is 1.39 bits per heavy atom. The summed E-state index contributed by atoms with van der Waals surface area (Å²) in [7, 11) is 1.62. The second-order valence-electron chi connectivity index (χ2n) is 6.82. The van der Waals surface area contributed by atoms with Gasteiger partial charge in [0.1, 0.15) is 22.7 Å². The number of aromatic amines is 1. The number of hydrogen-bond acceptors (Lipinski definition) is 7. The minimum atomic E-state index is -0.731. The summed E-state index contributed by atoms with van der Waals surface area (Å²) < 4.78 is 5.53. The Morgan fingerprint density at radius 2 is 2.29 bits per heavy atom. The molecule has 0 saturated heterocycles. The monoisotopic (exact) mass is 395 g/mol. The van der Waals surface area contributed by atoms with Crippen LogP contribution in [-0.2, 0) is 17.6 Å². The molecule has 3 heterocycles. The molecule has 1 aliphatic rings. The minimum absolute atomic E-state index is 0.325. The third-order valence-electron chi connectivity index (χ3n) is 5.21. The van der Waals surface area contributed by atoms with E-state index < -0.39 is 5.97 Å². The molecule has 0 unspecified atom stereocenters. The minimum Gasteiger partial charge on any atom is -0.494 e. The molecule has 0 amide bonds. The summed E-state index contributed by atoms with van der Waals surface area (Å²) in [6.45, 7) is 0. The maximum absolute atomic E-state index is 11.4. The van der Waals surface area contributed by atoms with Crippen LogP contribution in [0, 0.1) is 5.92 Å². The first-order valence-electron chi connectivity index (χ1n) is 8.90. The highest BCUT2D eigenvalue weighted by atomic mass is 32.1. The van der Waals surface area contributed by atoms with Crippen molar-refractivity contribution in [1.29, 1.82) is 0 Å². The van der Waals surface area contributed by atoms with Crippen molar-refractivity contribution in [2.45, 2.75) is 19.3 Å². The lowest BCUT2D eigenvalue weighted by atomic mass is 9.88. The van der Waals surface area contributed by atoms with Gasteiger partial charge in [0.15, 0.2) is 0 Å². The Bertz CT molecular complexity index is 1220. The van der Waals surface area contributed by atoms with Crippen LogP contribution in [0.1, 0.15) is 16.9 Å². The fraction of sp³-hybridized carbons (Fsp3) is 0.263. The predicted octanol–water partition coefficient (Wildman–Crippen LogP) is 3.51. The Labute approximate surface area is 163 Å². The van der Waals surface area contributed by atoms with Gasteiger partial charge in [-0.3, -0.25) is 9.89 Å². The van der Waals surface area contributed by atoms with Crippen molar-refractivity contribution in [2.75, 3.05) is 12.4 Å². The first-order valence-corrected chi connectivity index (χ1v) is 9.72. The molecule has 1 atom stereocenters. The zero-order chi connectivity index (χ0) is 19.3. The van der Waals surface area contributed by atoms with Gasteiger partial charge >= 0.3 is 5.97 Å². The van der Waals surface area contributed by atoms with Gasteiger partial charge < -0.3 is 15.2 Å². The number of benzene rings is 1. The van der Waals surface area contributed by atoms with Gasteiger partial charge in [-0.15, -0.1) is 11.3 Å². The number of methoxy groups -OCH3 is 1. The van der Waals surface area contributed by atoms with Crippen molar-refractivity contribution in [1.82, 2.24) is 20.2 Å². The molecule has 0 bridgehead atoms. The zero-order valence-corrected chi connectivity index (χ0v) is 15.8. The van der Waals surface area contributed by atoms with Crippen LogP contribution in [0.5, 0.6) is 5.75 Å².